The minimum absolute atomic E-state index is 0.153. The molecular weight excluding hydrogens is 266 g/mol. The summed E-state index contributed by atoms with van der Waals surface area (Å²) in [6, 6.07) is 8.54. The second-order valence-electron chi connectivity index (χ2n) is 4.23. The van der Waals surface area contributed by atoms with E-state index in [9.17, 15) is 4.79 Å². The van der Waals surface area contributed by atoms with Crippen LogP contribution in [0.3, 0.4) is 0 Å². The van der Waals surface area contributed by atoms with Crippen LogP contribution in [0.5, 0.6) is 0 Å². The average molecular weight is 279 g/mol. The molecule has 6 heteroatoms. The quantitative estimate of drug-likeness (QED) is 0.872. The first kappa shape index (κ1) is 11.9. The number of hydrogen-bond donors (Lipinski definition) is 1. The van der Waals surface area contributed by atoms with Crippen molar-refractivity contribution in [3.63, 3.8) is 0 Å². The van der Waals surface area contributed by atoms with Gasteiger partial charge in [-0.2, -0.15) is 0 Å². The number of benzene rings is 1. The smallest absolute Gasteiger partial charge is 0.273 e. The first-order valence-electron chi connectivity index (χ1n) is 5.73. The van der Waals surface area contributed by atoms with Crippen LogP contribution in [0.1, 0.15) is 5.56 Å². The molecule has 0 aliphatic carbocycles. The van der Waals surface area contributed by atoms with Gasteiger partial charge in [-0.15, -0.1) is 16.9 Å². The number of rotatable bonds is 3. The van der Waals surface area contributed by atoms with E-state index >= 15 is 0 Å². The molecule has 2 heterocycles. The van der Waals surface area contributed by atoms with E-state index in [1.807, 2.05) is 11.8 Å². The van der Waals surface area contributed by atoms with Gasteiger partial charge in [-0.3, -0.25) is 4.57 Å². The maximum atomic E-state index is 11.2. The summed E-state index contributed by atoms with van der Waals surface area (Å²) in [4.78, 5) is 12.6. The normalized spacial score (nSPS) is 17.9. The summed E-state index contributed by atoms with van der Waals surface area (Å²) in [6.45, 7) is 0. The third-order valence-electron chi connectivity index (χ3n) is 2.95. The molecular formula is C12H13N3OS2. The largest absolute Gasteiger partial charge is 0.343 e. The van der Waals surface area contributed by atoms with Crippen LogP contribution in [-0.4, -0.2) is 25.8 Å². The van der Waals surface area contributed by atoms with Crippen molar-refractivity contribution < 1.29 is 0 Å². The molecule has 0 spiro atoms. The molecule has 1 aromatic carbocycles. The maximum Gasteiger partial charge on any atom is 0.343 e. The lowest BCUT2D eigenvalue weighted by Crippen LogP contribution is -2.13. The molecule has 0 radical (unpaired) electrons. The molecule has 3 rings (SSSR count). The predicted octanol–water partition coefficient (Wildman–Crippen LogP) is 1.92. The van der Waals surface area contributed by atoms with Crippen molar-refractivity contribution in [1.82, 2.24) is 14.8 Å². The van der Waals surface area contributed by atoms with Gasteiger partial charge in [0.2, 0.25) is 0 Å². The van der Waals surface area contributed by atoms with Gasteiger partial charge in [0.05, 0.1) is 0 Å². The molecule has 2 aromatic rings. The van der Waals surface area contributed by atoms with Gasteiger partial charge in [0, 0.05) is 22.9 Å². The Balaban J connectivity index is 1.64. The zero-order valence-electron chi connectivity index (χ0n) is 9.92. The summed E-state index contributed by atoms with van der Waals surface area (Å²) in [7, 11) is 1.74. The fraction of sp³-hybridized carbons (Fsp3) is 0.333. The van der Waals surface area contributed by atoms with Crippen LogP contribution in [0.25, 0.3) is 0 Å². The fourth-order valence-corrected chi connectivity index (χ4v) is 4.37. The molecule has 0 saturated heterocycles. The van der Waals surface area contributed by atoms with Gasteiger partial charge in [0.15, 0.2) is 5.16 Å². The van der Waals surface area contributed by atoms with E-state index < -0.39 is 0 Å². The number of fused-ring (bicyclic) bond motifs is 1. The van der Waals surface area contributed by atoms with Gasteiger partial charge < -0.3 is 0 Å². The van der Waals surface area contributed by atoms with Crippen LogP contribution in [0.4, 0.5) is 0 Å². The molecule has 1 aliphatic heterocycles. The highest BCUT2D eigenvalue weighted by molar-refractivity contribution is 8.03. The molecule has 1 atom stereocenters. The summed E-state index contributed by atoms with van der Waals surface area (Å²) in [5, 5.41) is 7.79. The highest BCUT2D eigenvalue weighted by atomic mass is 32.2. The van der Waals surface area contributed by atoms with E-state index in [0.29, 0.717) is 5.25 Å². The zero-order valence-corrected chi connectivity index (χ0v) is 11.6. The van der Waals surface area contributed by atoms with Crippen molar-refractivity contribution in [3.8, 4) is 0 Å². The molecule has 0 fully saturated rings. The van der Waals surface area contributed by atoms with E-state index in [1.165, 1.54) is 10.5 Å². The van der Waals surface area contributed by atoms with E-state index in [1.54, 1.807) is 23.4 Å². The van der Waals surface area contributed by atoms with Gasteiger partial charge in [-0.1, -0.05) is 30.0 Å². The van der Waals surface area contributed by atoms with Crippen molar-refractivity contribution in [2.75, 3.05) is 5.75 Å². The second-order valence-corrected chi connectivity index (χ2v) is 6.56. The number of aromatic amines is 1. The summed E-state index contributed by atoms with van der Waals surface area (Å²) in [6.07, 6.45) is 1.10. The third-order valence-corrected chi connectivity index (χ3v) is 5.67. The Morgan fingerprint density at radius 1 is 1.56 bits per heavy atom. The Bertz CT molecular complexity index is 595. The summed E-state index contributed by atoms with van der Waals surface area (Å²) < 4.78 is 1.55. The Morgan fingerprint density at radius 3 is 3.11 bits per heavy atom. The third kappa shape index (κ3) is 2.22. The van der Waals surface area contributed by atoms with Crippen molar-refractivity contribution in [2.45, 2.75) is 21.7 Å². The van der Waals surface area contributed by atoms with E-state index in [0.717, 1.165) is 17.3 Å². The Morgan fingerprint density at radius 2 is 2.39 bits per heavy atom. The molecule has 1 aromatic heterocycles. The van der Waals surface area contributed by atoms with Crippen molar-refractivity contribution in [1.29, 1.82) is 0 Å². The molecule has 4 nitrogen and oxygen atoms in total. The number of H-pyrrole nitrogens is 1. The van der Waals surface area contributed by atoms with Gasteiger partial charge in [0.25, 0.3) is 0 Å². The minimum atomic E-state index is -0.153. The summed E-state index contributed by atoms with van der Waals surface area (Å²) in [5.74, 6) is 0.970. The topological polar surface area (TPSA) is 50.7 Å². The van der Waals surface area contributed by atoms with Crippen molar-refractivity contribution in [2.24, 2.45) is 7.05 Å². The first-order chi connectivity index (χ1) is 8.74. The molecule has 1 aliphatic rings. The first-order valence-corrected chi connectivity index (χ1v) is 7.59. The molecule has 0 bridgehead atoms. The molecule has 18 heavy (non-hydrogen) atoms. The maximum absolute atomic E-state index is 11.2. The fourth-order valence-electron chi connectivity index (χ4n) is 1.98. The van der Waals surface area contributed by atoms with Crippen LogP contribution in [0.2, 0.25) is 0 Å². The molecule has 1 N–H and O–H groups in total. The van der Waals surface area contributed by atoms with E-state index in [4.69, 9.17) is 0 Å². The van der Waals surface area contributed by atoms with E-state index in [-0.39, 0.29) is 5.69 Å². The molecule has 0 amide bonds. The lowest BCUT2D eigenvalue weighted by Gasteiger charge is -2.06. The zero-order chi connectivity index (χ0) is 12.5. The molecule has 1 unspecified atom stereocenters. The number of thioether (sulfide) groups is 2. The monoisotopic (exact) mass is 279 g/mol. The van der Waals surface area contributed by atoms with Crippen LogP contribution in [0, 0.1) is 0 Å². The number of hydrogen-bond acceptors (Lipinski definition) is 4. The van der Waals surface area contributed by atoms with Crippen molar-refractivity contribution >= 4 is 23.5 Å². The van der Waals surface area contributed by atoms with Gasteiger partial charge in [-0.25, -0.2) is 9.89 Å². The Hall–Kier alpha value is -1.14. The summed E-state index contributed by atoms with van der Waals surface area (Å²) >= 11 is 3.56. The minimum Gasteiger partial charge on any atom is -0.273 e. The van der Waals surface area contributed by atoms with Gasteiger partial charge in [-0.05, 0) is 18.1 Å². The summed E-state index contributed by atoms with van der Waals surface area (Å²) in [5.41, 5.74) is 1.28. The van der Waals surface area contributed by atoms with Gasteiger partial charge >= 0.3 is 5.69 Å². The number of nitrogens with zero attached hydrogens (tertiary/aromatic N) is 2. The lowest BCUT2D eigenvalue weighted by molar-refractivity contribution is 0.765. The molecule has 94 valence electrons. The van der Waals surface area contributed by atoms with Crippen LogP contribution in [-0.2, 0) is 13.5 Å². The SMILES string of the molecule is Cn1c(SCC2Cc3ccccc3S2)n[nH]c1=O. The predicted molar refractivity (Wildman–Crippen MR) is 74.3 cm³/mol. The lowest BCUT2D eigenvalue weighted by atomic mass is 10.1. The standard InChI is InChI=1S/C12H13N3OS2/c1-15-11(16)13-14-12(15)17-7-9-6-8-4-2-3-5-10(8)18-9/h2-5,9H,6-7H2,1H3,(H,13,16). The van der Waals surface area contributed by atoms with Gasteiger partial charge in [0.1, 0.15) is 0 Å². The number of nitrogens with one attached hydrogen (secondary N) is 1. The Labute approximate surface area is 113 Å². The van der Waals surface area contributed by atoms with E-state index in [2.05, 4.69) is 34.5 Å². The van der Waals surface area contributed by atoms with Crippen LogP contribution in [0.15, 0.2) is 39.1 Å². The van der Waals surface area contributed by atoms with Crippen molar-refractivity contribution in [3.05, 3.63) is 40.3 Å². The molecule has 0 saturated carbocycles. The van der Waals surface area contributed by atoms with Crippen LogP contribution >= 0.6 is 23.5 Å². The highest BCUT2D eigenvalue weighted by Gasteiger charge is 2.22. The Kier molecular flexibility index (Phi) is 3.22. The number of aromatic nitrogens is 3. The highest BCUT2D eigenvalue weighted by Crippen LogP contribution is 2.38. The van der Waals surface area contributed by atoms with Crippen LogP contribution < -0.4 is 5.69 Å². The average Bonchev–Trinajstić information content (AvgIpc) is 2.92. The second kappa shape index (κ2) is 4.85.